The lowest BCUT2D eigenvalue weighted by Crippen LogP contribution is -1.99. The second-order valence-electron chi connectivity index (χ2n) is 3.41. The maximum absolute atomic E-state index is 10.9. The second kappa shape index (κ2) is 4.41. The van der Waals surface area contributed by atoms with Crippen molar-refractivity contribution in [1.82, 2.24) is 9.97 Å². The van der Waals surface area contributed by atoms with E-state index in [4.69, 9.17) is 11.6 Å². The van der Waals surface area contributed by atoms with Gasteiger partial charge in [-0.05, 0) is 24.6 Å². The molecular weight excluding hydrogens is 224 g/mol. The molecule has 1 aromatic heterocycles. The van der Waals surface area contributed by atoms with Crippen molar-refractivity contribution in [2.24, 2.45) is 0 Å². The van der Waals surface area contributed by atoms with Crippen LogP contribution in [0.15, 0.2) is 36.5 Å². The Kier molecular flexibility index (Phi) is 2.97. The Morgan fingerprint density at radius 3 is 2.50 bits per heavy atom. The third-order valence-electron chi connectivity index (χ3n) is 2.18. The highest BCUT2D eigenvalue weighted by molar-refractivity contribution is 6.67. The van der Waals surface area contributed by atoms with Gasteiger partial charge in [0.05, 0.1) is 5.69 Å². The van der Waals surface area contributed by atoms with E-state index in [1.165, 1.54) is 11.8 Å². The number of benzene rings is 1. The smallest absolute Gasteiger partial charge is 0.272 e. The number of nitrogens with zero attached hydrogens (tertiary/aromatic N) is 2. The number of carbonyl (C=O) groups is 1. The van der Waals surface area contributed by atoms with Crippen molar-refractivity contribution in [2.45, 2.75) is 6.92 Å². The summed E-state index contributed by atoms with van der Waals surface area (Å²) in [5.41, 5.74) is 2.80. The summed E-state index contributed by atoms with van der Waals surface area (Å²) in [5.74, 6) is 0.0275. The van der Waals surface area contributed by atoms with E-state index >= 15 is 0 Å². The van der Waals surface area contributed by atoms with E-state index in [9.17, 15) is 4.79 Å². The first kappa shape index (κ1) is 10.8. The summed E-state index contributed by atoms with van der Waals surface area (Å²) >= 11 is 5.32. The quantitative estimate of drug-likeness (QED) is 0.748. The van der Waals surface area contributed by atoms with Crippen molar-refractivity contribution >= 4 is 16.8 Å². The van der Waals surface area contributed by atoms with E-state index in [1.807, 2.05) is 31.2 Å². The van der Waals surface area contributed by atoms with Crippen LogP contribution in [0.5, 0.6) is 0 Å². The summed E-state index contributed by atoms with van der Waals surface area (Å²) < 4.78 is 0. The van der Waals surface area contributed by atoms with Crippen molar-refractivity contribution in [3.63, 3.8) is 0 Å². The van der Waals surface area contributed by atoms with Crippen LogP contribution >= 0.6 is 11.6 Å². The van der Waals surface area contributed by atoms with Gasteiger partial charge in [-0.2, -0.15) is 0 Å². The van der Waals surface area contributed by atoms with Crippen LogP contribution in [0, 0.1) is 6.92 Å². The van der Waals surface area contributed by atoms with Crippen LogP contribution in [0.3, 0.4) is 0 Å². The molecule has 0 aliphatic heterocycles. The molecule has 16 heavy (non-hydrogen) atoms. The van der Waals surface area contributed by atoms with Crippen molar-refractivity contribution in [2.75, 3.05) is 0 Å². The first-order valence-corrected chi connectivity index (χ1v) is 5.14. The molecule has 0 aliphatic carbocycles. The molecule has 1 aromatic carbocycles. The van der Waals surface area contributed by atoms with Crippen molar-refractivity contribution < 1.29 is 4.79 Å². The van der Waals surface area contributed by atoms with Gasteiger partial charge in [-0.15, -0.1) is 0 Å². The van der Waals surface area contributed by atoms with Gasteiger partial charge in [0.2, 0.25) is 5.82 Å². The SMILES string of the molecule is Cc1ccc(-c2ccnc(C(=O)Cl)n2)cc1. The lowest BCUT2D eigenvalue weighted by Gasteiger charge is -2.01. The Bertz CT molecular complexity index is 523. The van der Waals surface area contributed by atoms with E-state index < -0.39 is 5.24 Å². The van der Waals surface area contributed by atoms with Gasteiger partial charge < -0.3 is 0 Å². The van der Waals surface area contributed by atoms with Crippen LogP contribution < -0.4 is 0 Å². The lowest BCUT2D eigenvalue weighted by atomic mass is 10.1. The minimum absolute atomic E-state index is 0.0275. The number of carbonyl (C=O) groups excluding carboxylic acids is 1. The van der Waals surface area contributed by atoms with E-state index in [0.717, 1.165) is 5.56 Å². The van der Waals surface area contributed by atoms with E-state index in [2.05, 4.69) is 9.97 Å². The zero-order chi connectivity index (χ0) is 11.5. The van der Waals surface area contributed by atoms with Crippen LogP contribution in [0.2, 0.25) is 0 Å². The van der Waals surface area contributed by atoms with Crippen LogP contribution in [-0.4, -0.2) is 15.2 Å². The average Bonchev–Trinajstić information content (AvgIpc) is 2.30. The zero-order valence-corrected chi connectivity index (χ0v) is 9.40. The van der Waals surface area contributed by atoms with Crippen molar-refractivity contribution in [1.29, 1.82) is 0 Å². The maximum atomic E-state index is 10.9. The molecule has 0 amide bonds. The summed E-state index contributed by atoms with van der Waals surface area (Å²) in [4.78, 5) is 18.8. The summed E-state index contributed by atoms with van der Waals surface area (Å²) in [6.45, 7) is 2.01. The van der Waals surface area contributed by atoms with Crippen LogP contribution in [0.1, 0.15) is 16.2 Å². The minimum Gasteiger partial charge on any atom is -0.272 e. The lowest BCUT2D eigenvalue weighted by molar-refractivity contribution is 0.107. The number of hydrogen-bond acceptors (Lipinski definition) is 3. The number of halogens is 1. The van der Waals surface area contributed by atoms with E-state index in [-0.39, 0.29) is 5.82 Å². The minimum atomic E-state index is -0.644. The third-order valence-corrected chi connectivity index (χ3v) is 2.35. The van der Waals surface area contributed by atoms with E-state index in [0.29, 0.717) is 5.69 Å². The van der Waals surface area contributed by atoms with Gasteiger partial charge >= 0.3 is 0 Å². The first-order valence-electron chi connectivity index (χ1n) is 4.77. The first-order chi connectivity index (χ1) is 7.66. The molecule has 0 N–H and O–H groups in total. The standard InChI is InChI=1S/C12H9ClN2O/c1-8-2-4-9(5-3-8)10-6-7-14-12(15-10)11(13)16/h2-7H,1H3. The predicted molar refractivity (Wildman–Crippen MR) is 62.4 cm³/mol. The van der Waals surface area contributed by atoms with Crippen LogP contribution in [0.4, 0.5) is 0 Å². The Hall–Kier alpha value is -1.74. The average molecular weight is 233 g/mol. The van der Waals surface area contributed by atoms with Gasteiger partial charge in [0.25, 0.3) is 5.24 Å². The molecule has 3 nitrogen and oxygen atoms in total. The molecule has 0 spiro atoms. The molecule has 4 heteroatoms. The zero-order valence-electron chi connectivity index (χ0n) is 8.64. The van der Waals surface area contributed by atoms with Gasteiger partial charge in [-0.1, -0.05) is 29.8 Å². The fourth-order valence-electron chi connectivity index (χ4n) is 1.34. The molecule has 2 rings (SSSR count). The Morgan fingerprint density at radius 2 is 1.88 bits per heavy atom. The summed E-state index contributed by atoms with van der Waals surface area (Å²) in [5, 5.41) is -0.644. The molecule has 0 unspecified atom stereocenters. The maximum Gasteiger partial charge on any atom is 0.289 e. The highest BCUT2D eigenvalue weighted by Gasteiger charge is 2.07. The third kappa shape index (κ3) is 2.25. The van der Waals surface area contributed by atoms with Gasteiger partial charge in [0.15, 0.2) is 0 Å². The normalized spacial score (nSPS) is 10.1. The molecule has 0 aliphatic rings. The molecule has 0 saturated heterocycles. The molecule has 0 atom stereocenters. The van der Waals surface area contributed by atoms with Crippen LogP contribution in [0.25, 0.3) is 11.3 Å². The molecule has 1 heterocycles. The highest BCUT2D eigenvalue weighted by Crippen LogP contribution is 2.17. The van der Waals surface area contributed by atoms with Crippen LogP contribution in [-0.2, 0) is 0 Å². The van der Waals surface area contributed by atoms with Crippen molar-refractivity contribution in [3.8, 4) is 11.3 Å². The topological polar surface area (TPSA) is 42.9 Å². The molecule has 0 saturated carbocycles. The number of rotatable bonds is 2. The molecule has 0 fully saturated rings. The summed E-state index contributed by atoms with van der Waals surface area (Å²) in [6.07, 6.45) is 1.53. The van der Waals surface area contributed by atoms with E-state index in [1.54, 1.807) is 6.07 Å². The molecule has 80 valence electrons. The summed E-state index contributed by atoms with van der Waals surface area (Å²) in [6, 6.07) is 9.60. The summed E-state index contributed by atoms with van der Waals surface area (Å²) in [7, 11) is 0. The molecule has 0 radical (unpaired) electrons. The van der Waals surface area contributed by atoms with Gasteiger partial charge in [-0.3, -0.25) is 4.79 Å². The Morgan fingerprint density at radius 1 is 1.19 bits per heavy atom. The van der Waals surface area contributed by atoms with Gasteiger partial charge in [0.1, 0.15) is 0 Å². The molecule has 0 bridgehead atoms. The van der Waals surface area contributed by atoms with Crippen molar-refractivity contribution in [3.05, 3.63) is 47.9 Å². The fourth-order valence-corrected chi connectivity index (χ4v) is 1.43. The fraction of sp³-hybridized carbons (Fsp3) is 0.0833. The number of hydrogen-bond donors (Lipinski definition) is 0. The number of aryl methyl sites for hydroxylation is 1. The second-order valence-corrected chi connectivity index (χ2v) is 3.75. The highest BCUT2D eigenvalue weighted by atomic mass is 35.5. The molecular formula is C12H9ClN2O. The Balaban J connectivity index is 2.44. The monoisotopic (exact) mass is 232 g/mol. The predicted octanol–water partition coefficient (Wildman–Crippen LogP) is 2.83. The largest absolute Gasteiger partial charge is 0.289 e. The van der Waals surface area contributed by atoms with Gasteiger partial charge in [-0.25, -0.2) is 9.97 Å². The number of aromatic nitrogens is 2. The van der Waals surface area contributed by atoms with Gasteiger partial charge in [0, 0.05) is 11.8 Å². The molecule has 2 aromatic rings. The Labute approximate surface area is 98.1 Å².